The first-order valence-corrected chi connectivity index (χ1v) is 10.2. The number of rotatable bonds is 3. The van der Waals surface area contributed by atoms with Crippen molar-refractivity contribution >= 4 is 5.69 Å². The van der Waals surface area contributed by atoms with Gasteiger partial charge >= 0.3 is 0 Å². The van der Waals surface area contributed by atoms with Gasteiger partial charge in [0.05, 0.1) is 6.61 Å². The van der Waals surface area contributed by atoms with Crippen molar-refractivity contribution in [1.82, 2.24) is 5.32 Å². The van der Waals surface area contributed by atoms with Crippen molar-refractivity contribution in [2.45, 2.75) is 44.6 Å². The summed E-state index contributed by atoms with van der Waals surface area (Å²) in [6, 6.07) is 14.0. The van der Waals surface area contributed by atoms with Crippen LogP contribution in [0.15, 0.2) is 36.4 Å². The highest BCUT2D eigenvalue weighted by Gasteiger charge is 2.42. The summed E-state index contributed by atoms with van der Waals surface area (Å²) in [5, 5.41) is 3.61. The van der Waals surface area contributed by atoms with Gasteiger partial charge in [0.1, 0.15) is 5.75 Å². The van der Waals surface area contributed by atoms with Crippen molar-refractivity contribution in [3.8, 4) is 16.9 Å². The Bertz CT molecular complexity index is 816. The van der Waals surface area contributed by atoms with Crippen LogP contribution in [-0.2, 0) is 6.42 Å². The van der Waals surface area contributed by atoms with E-state index in [2.05, 4.69) is 53.5 Å². The molecule has 2 heterocycles. The van der Waals surface area contributed by atoms with E-state index in [0.717, 1.165) is 25.4 Å². The molecule has 2 aromatic rings. The van der Waals surface area contributed by atoms with Gasteiger partial charge in [0.25, 0.3) is 0 Å². The molecule has 3 aliphatic rings. The second-order valence-corrected chi connectivity index (χ2v) is 7.76. The Morgan fingerprint density at radius 1 is 1.08 bits per heavy atom. The Morgan fingerprint density at radius 3 is 2.92 bits per heavy atom. The van der Waals surface area contributed by atoms with Crippen molar-refractivity contribution in [2.75, 3.05) is 31.1 Å². The standard InChI is InChI=1S/C23H28N2O/c1-2-26-21-9-4-3-7-17(21)18-11-10-16-6-5-8-19-20-12-13-24-14-15-25(20)23(18)22(16)19/h3-4,7,9-11,19-20,24H,2,5-6,8,12-15H2,1H3. The molecule has 5 rings (SSSR count). The van der Waals surface area contributed by atoms with Crippen molar-refractivity contribution < 1.29 is 4.74 Å². The molecule has 0 aromatic heterocycles. The Morgan fingerprint density at radius 2 is 2.00 bits per heavy atom. The fraction of sp³-hybridized carbons (Fsp3) is 0.478. The molecule has 2 aliphatic heterocycles. The maximum atomic E-state index is 5.98. The largest absolute Gasteiger partial charge is 0.493 e. The van der Waals surface area contributed by atoms with Crippen LogP contribution >= 0.6 is 0 Å². The third-order valence-corrected chi connectivity index (χ3v) is 6.41. The number of benzene rings is 2. The third kappa shape index (κ3) is 2.44. The lowest BCUT2D eigenvalue weighted by Gasteiger charge is -2.29. The van der Waals surface area contributed by atoms with Gasteiger partial charge in [-0.15, -0.1) is 0 Å². The molecule has 0 saturated carbocycles. The quantitative estimate of drug-likeness (QED) is 0.892. The molecule has 3 nitrogen and oxygen atoms in total. The summed E-state index contributed by atoms with van der Waals surface area (Å²) < 4.78 is 5.98. The molecule has 0 spiro atoms. The second kappa shape index (κ2) is 6.62. The number of ether oxygens (including phenoxy) is 1. The van der Waals surface area contributed by atoms with Crippen molar-refractivity contribution in [3.63, 3.8) is 0 Å². The van der Waals surface area contributed by atoms with Crippen LogP contribution in [0.3, 0.4) is 0 Å². The number of para-hydroxylation sites is 1. The predicted molar refractivity (Wildman–Crippen MR) is 107 cm³/mol. The first kappa shape index (κ1) is 16.2. The molecule has 0 amide bonds. The molecule has 0 radical (unpaired) electrons. The molecule has 2 aromatic carbocycles. The van der Waals surface area contributed by atoms with E-state index in [1.54, 1.807) is 11.1 Å². The van der Waals surface area contributed by atoms with Gasteiger partial charge in [-0.05, 0) is 56.3 Å². The van der Waals surface area contributed by atoms with Gasteiger partial charge in [0.15, 0.2) is 0 Å². The molecule has 2 unspecified atom stereocenters. The monoisotopic (exact) mass is 348 g/mol. The molecule has 136 valence electrons. The number of nitrogens with zero attached hydrogens (tertiary/aromatic N) is 1. The zero-order valence-electron chi connectivity index (χ0n) is 15.6. The lowest BCUT2D eigenvalue weighted by molar-refractivity contribution is 0.341. The normalized spacial score (nSPS) is 24.0. The van der Waals surface area contributed by atoms with Crippen LogP contribution in [0.25, 0.3) is 11.1 Å². The Labute approximate surface area is 156 Å². The van der Waals surface area contributed by atoms with E-state index in [4.69, 9.17) is 4.74 Å². The Kier molecular flexibility index (Phi) is 4.12. The first-order valence-electron chi connectivity index (χ1n) is 10.2. The van der Waals surface area contributed by atoms with E-state index in [0.29, 0.717) is 18.6 Å². The van der Waals surface area contributed by atoms with Crippen LogP contribution in [0.1, 0.15) is 43.2 Å². The van der Waals surface area contributed by atoms with Gasteiger partial charge in [-0.1, -0.05) is 30.3 Å². The Balaban J connectivity index is 1.71. The van der Waals surface area contributed by atoms with Crippen LogP contribution in [-0.4, -0.2) is 32.3 Å². The summed E-state index contributed by atoms with van der Waals surface area (Å²) >= 11 is 0. The molecule has 1 fully saturated rings. The molecule has 1 aliphatic carbocycles. The fourth-order valence-corrected chi connectivity index (χ4v) is 5.41. The maximum Gasteiger partial charge on any atom is 0.127 e. The number of hydrogen-bond donors (Lipinski definition) is 1. The molecular weight excluding hydrogens is 320 g/mol. The van der Waals surface area contributed by atoms with Crippen LogP contribution in [0.2, 0.25) is 0 Å². The van der Waals surface area contributed by atoms with Crippen LogP contribution < -0.4 is 15.0 Å². The van der Waals surface area contributed by atoms with E-state index in [1.165, 1.54) is 42.5 Å². The minimum absolute atomic E-state index is 0.666. The SMILES string of the molecule is CCOc1ccccc1-c1ccc2c3c1N1CCNCCC1C3CCC2. The van der Waals surface area contributed by atoms with E-state index in [1.807, 2.05) is 0 Å². The van der Waals surface area contributed by atoms with E-state index in [-0.39, 0.29) is 0 Å². The topological polar surface area (TPSA) is 24.5 Å². The molecule has 0 bridgehead atoms. The third-order valence-electron chi connectivity index (χ3n) is 6.41. The average molecular weight is 348 g/mol. The minimum Gasteiger partial charge on any atom is -0.493 e. The lowest BCUT2D eigenvalue weighted by Crippen LogP contribution is -2.35. The average Bonchev–Trinajstić information content (AvgIpc) is 2.83. The van der Waals surface area contributed by atoms with E-state index < -0.39 is 0 Å². The highest BCUT2D eigenvalue weighted by Crippen LogP contribution is 2.53. The summed E-state index contributed by atoms with van der Waals surface area (Å²) in [4.78, 5) is 2.73. The molecule has 3 heteroatoms. The summed E-state index contributed by atoms with van der Waals surface area (Å²) in [6.07, 6.45) is 5.18. The number of fused-ring (bicyclic) bond motifs is 3. The van der Waals surface area contributed by atoms with Crippen molar-refractivity contribution in [3.05, 3.63) is 47.5 Å². The molecule has 1 saturated heterocycles. The smallest absolute Gasteiger partial charge is 0.127 e. The van der Waals surface area contributed by atoms with Crippen LogP contribution in [0.5, 0.6) is 5.75 Å². The van der Waals surface area contributed by atoms with Gasteiger partial charge in [-0.25, -0.2) is 0 Å². The van der Waals surface area contributed by atoms with Crippen LogP contribution in [0.4, 0.5) is 5.69 Å². The first-order chi connectivity index (χ1) is 12.9. The zero-order chi connectivity index (χ0) is 17.5. The highest BCUT2D eigenvalue weighted by atomic mass is 16.5. The van der Waals surface area contributed by atoms with Gasteiger partial charge < -0.3 is 15.0 Å². The molecule has 1 N–H and O–H groups in total. The molecule has 2 atom stereocenters. The highest BCUT2D eigenvalue weighted by molar-refractivity contribution is 5.87. The lowest BCUT2D eigenvalue weighted by atomic mass is 9.79. The molecule has 26 heavy (non-hydrogen) atoms. The van der Waals surface area contributed by atoms with Crippen molar-refractivity contribution in [2.24, 2.45) is 0 Å². The van der Waals surface area contributed by atoms with Crippen LogP contribution in [0, 0.1) is 0 Å². The molecular formula is C23H28N2O. The number of aryl methyl sites for hydroxylation is 1. The number of nitrogens with one attached hydrogen (secondary N) is 1. The summed E-state index contributed by atoms with van der Waals surface area (Å²) in [5.41, 5.74) is 7.37. The van der Waals surface area contributed by atoms with E-state index >= 15 is 0 Å². The maximum absolute atomic E-state index is 5.98. The summed E-state index contributed by atoms with van der Waals surface area (Å²) in [5.74, 6) is 1.72. The van der Waals surface area contributed by atoms with Gasteiger partial charge in [0.2, 0.25) is 0 Å². The van der Waals surface area contributed by atoms with Gasteiger partial charge in [-0.2, -0.15) is 0 Å². The predicted octanol–water partition coefficient (Wildman–Crippen LogP) is 4.35. The summed E-state index contributed by atoms with van der Waals surface area (Å²) in [6.45, 7) is 6.11. The van der Waals surface area contributed by atoms with E-state index in [9.17, 15) is 0 Å². The summed E-state index contributed by atoms with van der Waals surface area (Å²) in [7, 11) is 0. The van der Waals surface area contributed by atoms with Gasteiger partial charge in [-0.3, -0.25) is 0 Å². The number of hydrogen-bond acceptors (Lipinski definition) is 3. The van der Waals surface area contributed by atoms with Crippen molar-refractivity contribution in [1.29, 1.82) is 0 Å². The Hall–Kier alpha value is -2.00. The fourth-order valence-electron chi connectivity index (χ4n) is 5.41. The minimum atomic E-state index is 0.666. The van der Waals surface area contributed by atoms with Gasteiger partial charge in [0, 0.05) is 41.9 Å². The second-order valence-electron chi connectivity index (χ2n) is 7.76. The zero-order valence-corrected chi connectivity index (χ0v) is 15.6. The number of anilines is 1.